The van der Waals surface area contributed by atoms with E-state index in [1.54, 1.807) is 0 Å². The molecule has 0 saturated carbocycles. The number of hydrogen-bond donors (Lipinski definition) is 1. The van der Waals surface area contributed by atoms with Gasteiger partial charge in [0.1, 0.15) is 0 Å². The minimum absolute atomic E-state index is 0. The molecule has 0 atom stereocenters. The van der Waals surface area contributed by atoms with Crippen LogP contribution in [0.4, 0.5) is 0 Å². The van der Waals surface area contributed by atoms with E-state index in [1.165, 1.54) is 5.39 Å². The van der Waals surface area contributed by atoms with E-state index in [1.807, 2.05) is 42.5 Å². The topological polar surface area (TPSA) is 36.5 Å². The number of halogens is 1. The first-order chi connectivity index (χ1) is 10.3. The first-order valence-electron chi connectivity index (χ1n) is 6.94. The zero-order chi connectivity index (χ0) is 14.7. The van der Waals surface area contributed by atoms with Gasteiger partial charge >= 0.3 is 0 Å². The Morgan fingerprint density at radius 2 is 1.64 bits per heavy atom. The predicted octanol–water partition coefficient (Wildman–Crippen LogP) is 0.318. The van der Waals surface area contributed by atoms with Crippen molar-refractivity contribution in [3.8, 4) is 0 Å². The fraction of sp³-hybridized carbons (Fsp3) is 0.111. The van der Waals surface area contributed by atoms with E-state index < -0.39 is 0 Å². The summed E-state index contributed by atoms with van der Waals surface area (Å²) in [6.45, 7) is 2.60. The number of rotatable bonds is 3. The number of oxime groups is 1. The van der Waals surface area contributed by atoms with E-state index in [0.29, 0.717) is 12.3 Å². The minimum atomic E-state index is 0. The summed E-state index contributed by atoms with van der Waals surface area (Å²) in [6, 6.07) is 22.2. The standard InChI is InChI=1S/C18H16N2O.ClH/c1-14-11-12-16-9-5-6-10-18(16)20(14)13-17(19-21)15-7-3-2-4-8-15;/h2-12H,13H2,1H3;1H/b19-17-;. The predicted molar refractivity (Wildman–Crippen MR) is 83.6 cm³/mol. The van der Waals surface area contributed by atoms with E-state index in [2.05, 4.69) is 40.9 Å². The van der Waals surface area contributed by atoms with E-state index in [4.69, 9.17) is 0 Å². The smallest absolute Gasteiger partial charge is 0.213 e. The maximum absolute atomic E-state index is 9.38. The van der Waals surface area contributed by atoms with Crippen LogP contribution >= 0.6 is 0 Å². The van der Waals surface area contributed by atoms with Crippen LogP contribution in [0.1, 0.15) is 11.3 Å². The largest absolute Gasteiger partial charge is 1.00 e. The van der Waals surface area contributed by atoms with Crippen molar-refractivity contribution in [1.29, 1.82) is 0 Å². The van der Waals surface area contributed by atoms with E-state index in [-0.39, 0.29) is 12.4 Å². The highest BCUT2D eigenvalue weighted by Gasteiger charge is 2.16. The summed E-state index contributed by atoms with van der Waals surface area (Å²) >= 11 is 0. The van der Waals surface area contributed by atoms with Crippen LogP contribution in [0, 0.1) is 6.92 Å². The molecule has 1 heterocycles. The summed E-state index contributed by atoms with van der Waals surface area (Å²) in [5.74, 6) is 0. The number of nitrogens with zero attached hydrogens (tertiary/aromatic N) is 2. The van der Waals surface area contributed by atoms with Gasteiger partial charge in [0.05, 0.1) is 0 Å². The molecule has 1 N–H and O–H groups in total. The van der Waals surface area contributed by atoms with Crippen molar-refractivity contribution in [2.24, 2.45) is 5.16 Å². The summed E-state index contributed by atoms with van der Waals surface area (Å²) < 4.78 is 2.16. The lowest BCUT2D eigenvalue weighted by Gasteiger charge is -2.06. The van der Waals surface area contributed by atoms with Crippen molar-refractivity contribution < 1.29 is 22.2 Å². The van der Waals surface area contributed by atoms with Gasteiger partial charge in [0.25, 0.3) is 0 Å². The summed E-state index contributed by atoms with van der Waals surface area (Å²) in [7, 11) is 0. The van der Waals surface area contributed by atoms with Crippen molar-refractivity contribution in [1.82, 2.24) is 0 Å². The Balaban J connectivity index is 0.00000176. The molecule has 3 nitrogen and oxygen atoms in total. The van der Waals surface area contributed by atoms with Gasteiger partial charge in [-0.15, -0.1) is 0 Å². The van der Waals surface area contributed by atoms with E-state index in [0.717, 1.165) is 16.8 Å². The lowest BCUT2D eigenvalue weighted by atomic mass is 10.1. The highest BCUT2D eigenvalue weighted by Crippen LogP contribution is 2.11. The molecule has 0 aliphatic carbocycles. The Bertz CT molecular complexity index is 801. The van der Waals surface area contributed by atoms with Gasteiger partial charge in [-0.05, 0) is 12.1 Å². The fourth-order valence-corrected chi connectivity index (χ4v) is 2.54. The van der Waals surface area contributed by atoms with Gasteiger partial charge in [0.15, 0.2) is 18.0 Å². The molecule has 3 aromatic rings. The molecule has 112 valence electrons. The molecule has 0 radical (unpaired) electrons. The monoisotopic (exact) mass is 312 g/mol. The first kappa shape index (κ1) is 16.0. The van der Waals surface area contributed by atoms with Gasteiger partial charge in [-0.2, -0.15) is 4.57 Å². The van der Waals surface area contributed by atoms with Crippen LogP contribution in [0.2, 0.25) is 0 Å². The van der Waals surface area contributed by atoms with Gasteiger partial charge in [0.2, 0.25) is 5.52 Å². The van der Waals surface area contributed by atoms with Crippen LogP contribution < -0.4 is 17.0 Å². The van der Waals surface area contributed by atoms with Gasteiger partial charge in [0, 0.05) is 30.0 Å². The average molecular weight is 313 g/mol. The first-order valence-corrected chi connectivity index (χ1v) is 6.94. The number of hydrogen-bond acceptors (Lipinski definition) is 2. The quantitative estimate of drug-likeness (QED) is 0.321. The van der Waals surface area contributed by atoms with Crippen molar-refractivity contribution in [3.63, 3.8) is 0 Å². The normalized spacial score (nSPS) is 11.2. The highest BCUT2D eigenvalue weighted by molar-refractivity contribution is 5.99. The van der Waals surface area contributed by atoms with Crippen molar-refractivity contribution >= 4 is 16.6 Å². The molecule has 4 heteroatoms. The second-order valence-corrected chi connectivity index (χ2v) is 5.03. The number of benzene rings is 2. The molecule has 22 heavy (non-hydrogen) atoms. The molecular weight excluding hydrogens is 296 g/mol. The molecule has 1 aromatic heterocycles. The molecule has 2 aromatic carbocycles. The van der Waals surface area contributed by atoms with E-state index in [9.17, 15) is 5.21 Å². The molecule has 0 aliphatic heterocycles. The summed E-state index contributed by atoms with van der Waals surface area (Å²) in [5.41, 5.74) is 3.85. The Kier molecular flexibility index (Phi) is 5.12. The fourth-order valence-electron chi connectivity index (χ4n) is 2.54. The third-order valence-electron chi connectivity index (χ3n) is 3.69. The molecule has 0 spiro atoms. The number of para-hydroxylation sites is 1. The average Bonchev–Trinajstić information content (AvgIpc) is 2.55. The Morgan fingerprint density at radius 1 is 0.955 bits per heavy atom. The summed E-state index contributed by atoms with van der Waals surface area (Å²) in [6.07, 6.45) is 0. The van der Waals surface area contributed by atoms with Gasteiger partial charge in [-0.3, -0.25) is 0 Å². The van der Waals surface area contributed by atoms with Crippen LogP contribution in [0.25, 0.3) is 10.9 Å². The molecule has 0 aliphatic rings. The number of fused-ring (bicyclic) bond motifs is 1. The number of aromatic nitrogens is 1. The second-order valence-electron chi connectivity index (χ2n) is 5.03. The van der Waals surface area contributed by atoms with Crippen LogP contribution in [0.15, 0.2) is 71.9 Å². The molecule has 0 saturated heterocycles. The van der Waals surface area contributed by atoms with Crippen LogP contribution in [-0.4, -0.2) is 10.9 Å². The lowest BCUT2D eigenvalue weighted by Crippen LogP contribution is -3.00. The Labute approximate surface area is 135 Å². The van der Waals surface area contributed by atoms with Crippen LogP contribution in [-0.2, 0) is 6.54 Å². The van der Waals surface area contributed by atoms with Gasteiger partial charge < -0.3 is 17.6 Å². The van der Waals surface area contributed by atoms with Gasteiger partial charge in [-0.25, -0.2) is 0 Å². The molecule has 0 fully saturated rings. The molecule has 0 amide bonds. The Morgan fingerprint density at radius 3 is 2.36 bits per heavy atom. The van der Waals surface area contributed by atoms with Crippen molar-refractivity contribution in [2.75, 3.05) is 0 Å². The number of pyridine rings is 1. The number of aryl methyl sites for hydroxylation is 1. The third kappa shape index (κ3) is 3.10. The van der Waals surface area contributed by atoms with E-state index >= 15 is 0 Å². The van der Waals surface area contributed by atoms with Crippen molar-refractivity contribution in [3.05, 3.63) is 78.0 Å². The summed E-state index contributed by atoms with van der Waals surface area (Å²) in [5, 5.41) is 14.1. The zero-order valence-electron chi connectivity index (χ0n) is 12.3. The maximum atomic E-state index is 9.38. The zero-order valence-corrected chi connectivity index (χ0v) is 13.0. The van der Waals surface area contributed by atoms with Crippen molar-refractivity contribution in [2.45, 2.75) is 13.5 Å². The third-order valence-corrected chi connectivity index (χ3v) is 3.69. The molecule has 3 rings (SSSR count). The lowest BCUT2D eigenvalue weighted by molar-refractivity contribution is -0.661. The van der Waals surface area contributed by atoms with Crippen LogP contribution in [0.5, 0.6) is 0 Å². The molecule has 0 unspecified atom stereocenters. The Hall–Kier alpha value is -2.39. The molecule has 0 bridgehead atoms. The van der Waals surface area contributed by atoms with Crippen LogP contribution in [0.3, 0.4) is 0 Å². The van der Waals surface area contributed by atoms with Gasteiger partial charge in [-0.1, -0.05) is 47.6 Å². The highest BCUT2D eigenvalue weighted by atomic mass is 35.5. The second kappa shape index (κ2) is 7.05. The molecular formula is C18H17ClN2O. The maximum Gasteiger partial charge on any atom is 0.213 e. The summed E-state index contributed by atoms with van der Waals surface area (Å²) in [4.78, 5) is 0. The minimum Gasteiger partial charge on any atom is -1.00 e. The SMILES string of the molecule is Cc1ccc2ccccc2[n+]1C/C(=N/O)c1ccccc1.[Cl-].